The van der Waals surface area contributed by atoms with E-state index in [1.165, 1.54) is 10.4 Å². The molecule has 3 atom stereocenters. The standard InChI is InChI=1S/C14H24N2OS/c1-4-12-9-17-11(3)8-16(12)13(7-15)14-10(2)5-6-18-14/h5-6,11-13H,4,7-9,15H2,1-3H3. The molecule has 1 saturated heterocycles. The number of thiophene rings is 1. The van der Waals surface area contributed by atoms with Crippen LogP contribution in [-0.4, -0.2) is 36.7 Å². The lowest BCUT2D eigenvalue weighted by Gasteiger charge is -2.42. The summed E-state index contributed by atoms with van der Waals surface area (Å²) in [6.45, 7) is 9.06. The zero-order valence-electron chi connectivity index (χ0n) is 11.6. The van der Waals surface area contributed by atoms with Crippen molar-refractivity contribution in [2.45, 2.75) is 45.4 Å². The van der Waals surface area contributed by atoms with Crippen LogP contribution in [0.4, 0.5) is 0 Å². The van der Waals surface area contributed by atoms with Gasteiger partial charge in [-0.3, -0.25) is 4.90 Å². The first kappa shape index (κ1) is 14.0. The smallest absolute Gasteiger partial charge is 0.0675 e. The van der Waals surface area contributed by atoms with Crippen LogP contribution in [0.2, 0.25) is 0 Å². The molecule has 3 unspecified atom stereocenters. The van der Waals surface area contributed by atoms with Crippen LogP contribution in [0.15, 0.2) is 11.4 Å². The van der Waals surface area contributed by atoms with Gasteiger partial charge in [-0.05, 0) is 37.3 Å². The second-order valence-corrected chi connectivity index (χ2v) is 6.07. The Labute approximate surface area is 114 Å². The molecule has 1 aromatic rings. The second kappa shape index (κ2) is 6.15. The number of nitrogens with zero attached hydrogens (tertiary/aromatic N) is 1. The van der Waals surface area contributed by atoms with Crippen LogP contribution in [0.5, 0.6) is 0 Å². The molecule has 102 valence electrons. The molecule has 0 radical (unpaired) electrons. The van der Waals surface area contributed by atoms with Gasteiger partial charge in [-0.1, -0.05) is 6.92 Å². The third kappa shape index (κ3) is 2.77. The zero-order chi connectivity index (χ0) is 13.1. The van der Waals surface area contributed by atoms with Crippen LogP contribution in [0, 0.1) is 6.92 Å². The molecule has 3 nitrogen and oxygen atoms in total. The van der Waals surface area contributed by atoms with Crippen LogP contribution in [-0.2, 0) is 4.74 Å². The maximum atomic E-state index is 6.05. The number of morpholine rings is 1. The van der Waals surface area contributed by atoms with Crippen molar-refractivity contribution in [2.24, 2.45) is 5.73 Å². The van der Waals surface area contributed by atoms with E-state index < -0.39 is 0 Å². The third-order valence-electron chi connectivity index (χ3n) is 3.81. The van der Waals surface area contributed by atoms with Crippen molar-refractivity contribution in [3.8, 4) is 0 Å². The Morgan fingerprint density at radius 1 is 1.61 bits per heavy atom. The second-order valence-electron chi connectivity index (χ2n) is 5.12. The molecular formula is C14H24N2OS. The highest BCUT2D eigenvalue weighted by Gasteiger charge is 2.32. The van der Waals surface area contributed by atoms with E-state index >= 15 is 0 Å². The van der Waals surface area contributed by atoms with Gasteiger partial charge in [-0.25, -0.2) is 0 Å². The number of rotatable bonds is 4. The fourth-order valence-electron chi connectivity index (χ4n) is 2.72. The van der Waals surface area contributed by atoms with Crippen LogP contribution >= 0.6 is 11.3 Å². The fourth-order valence-corrected chi connectivity index (χ4v) is 3.78. The van der Waals surface area contributed by atoms with Gasteiger partial charge in [0.2, 0.25) is 0 Å². The predicted molar refractivity (Wildman–Crippen MR) is 77.1 cm³/mol. The lowest BCUT2D eigenvalue weighted by atomic mass is 10.0. The van der Waals surface area contributed by atoms with E-state index in [0.717, 1.165) is 19.6 Å². The fraction of sp³-hybridized carbons (Fsp3) is 0.714. The lowest BCUT2D eigenvalue weighted by Crippen LogP contribution is -2.51. The summed E-state index contributed by atoms with van der Waals surface area (Å²) in [5.41, 5.74) is 7.42. The molecule has 2 heterocycles. The van der Waals surface area contributed by atoms with E-state index in [9.17, 15) is 0 Å². The molecule has 4 heteroatoms. The Morgan fingerprint density at radius 2 is 2.39 bits per heavy atom. The van der Waals surface area contributed by atoms with Gasteiger partial charge < -0.3 is 10.5 Å². The van der Waals surface area contributed by atoms with Gasteiger partial charge in [0, 0.05) is 24.0 Å². The third-order valence-corrected chi connectivity index (χ3v) is 4.93. The topological polar surface area (TPSA) is 38.5 Å². The largest absolute Gasteiger partial charge is 0.376 e. The number of ether oxygens (including phenoxy) is 1. The zero-order valence-corrected chi connectivity index (χ0v) is 12.4. The summed E-state index contributed by atoms with van der Waals surface area (Å²) >= 11 is 1.83. The Balaban J connectivity index is 2.22. The minimum atomic E-state index is 0.308. The molecule has 0 amide bonds. The number of hydrogen-bond donors (Lipinski definition) is 1. The molecule has 0 aromatic carbocycles. The maximum Gasteiger partial charge on any atom is 0.0675 e. The summed E-state index contributed by atoms with van der Waals surface area (Å²) in [6.07, 6.45) is 1.43. The summed E-state index contributed by atoms with van der Waals surface area (Å²) in [5.74, 6) is 0. The number of hydrogen-bond acceptors (Lipinski definition) is 4. The predicted octanol–water partition coefficient (Wildman–Crippen LogP) is 2.56. The highest BCUT2D eigenvalue weighted by molar-refractivity contribution is 7.10. The normalized spacial score (nSPS) is 27.3. The van der Waals surface area contributed by atoms with E-state index in [2.05, 4.69) is 37.1 Å². The summed E-state index contributed by atoms with van der Waals surface area (Å²) in [6, 6.07) is 3.03. The van der Waals surface area contributed by atoms with E-state index in [1.807, 2.05) is 11.3 Å². The first-order valence-electron chi connectivity index (χ1n) is 6.78. The first-order chi connectivity index (χ1) is 8.67. The molecule has 1 aromatic heterocycles. The number of aryl methyl sites for hydroxylation is 1. The van der Waals surface area contributed by atoms with Gasteiger partial charge in [0.1, 0.15) is 0 Å². The van der Waals surface area contributed by atoms with Crippen molar-refractivity contribution < 1.29 is 4.74 Å². The van der Waals surface area contributed by atoms with Crippen molar-refractivity contribution >= 4 is 11.3 Å². The minimum Gasteiger partial charge on any atom is -0.376 e. The monoisotopic (exact) mass is 268 g/mol. The Bertz CT molecular complexity index is 380. The van der Waals surface area contributed by atoms with Crippen LogP contribution in [0.3, 0.4) is 0 Å². The van der Waals surface area contributed by atoms with E-state index in [4.69, 9.17) is 10.5 Å². The molecule has 0 saturated carbocycles. The van der Waals surface area contributed by atoms with Gasteiger partial charge in [0.15, 0.2) is 0 Å². The average Bonchev–Trinajstić information content (AvgIpc) is 2.77. The van der Waals surface area contributed by atoms with Gasteiger partial charge in [0.25, 0.3) is 0 Å². The van der Waals surface area contributed by atoms with Crippen molar-refractivity contribution in [3.63, 3.8) is 0 Å². The van der Waals surface area contributed by atoms with Gasteiger partial charge in [-0.15, -0.1) is 11.3 Å². The van der Waals surface area contributed by atoms with Gasteiger partial charge in [0.05, 0.1) is 18.8 Å². The van der Waals surface area contributed by atoms with Gasteiger partial charge in [-0.2, -0.15) is 0 Å². The molecule has 0 aliphatic carbocycles. The summed E-state index contributed by atoms with van der Waals surface area (Å²) in [5, 5.41) is 2.16. The Morgan fingerprint density at radius 3 is 2.94 bits per heavy atom. The van der Waals surface area contributed by atoms with Crippen molar-refractivity contribution in [2.75, 3.05) is 19.7 Å². The Kier molecular flexibility index (Phi) is 4.78. The molecule has 2 rings (SSSR count). The molecule has 2 N–H and O–H groups in total. The van der Waals surface area contributed by atoms with E-state index in [-0.39, 0.29) is 0 Å². The molecule has 1 aliphatic rings. The highest BCUT2D eigenvalue weighted by atomic mass is 32.1. The SMILES string of the molecule is CCC1COC(C)CN1C(CN)c1sccc1C. The first-order valence-corrected chi connectivity index (χ1v) is 7.66. The minimum absolute atomic E-state index is 0.308. The van der Waals surface area contributed by atoms with Gasteiger partial charge >= 0.3 is 0 Å². The lowest BCUT2D eigenvalue weighted by molar-refractivity contribution is -0.0714. The van der Waals surface area contributed by atoms with Crippen LogP contribution < -0.4 is 5.73 Å². The van der Waals surface area contributed by atoms with Crippen molar-refractivity contribution in [3.05, 3.63) is 21.9 Å². The Hall–Kier alpha value is -0.420. The number of nitrogens with two attached hydrogens (primary N) is 1. The molecule has 0 bridgehead atoms. The highest BCUT2D eigenvalue weighted by Crippen LogP contribution is 2.32. The van der Waals surface area contributed by atoms with E-state index in [0.29, 0.717) is 24.7 Å². The maximum absolute atomic E-state index is 6.05. The van der Waals surface area contributed by atoms with Crippen molar-refractivity contribution in [1.29, 1.82) is 0 Å². The summed E-state index contributed by atoms with van der Waals surface area (Å²) < 4.78 is 5.77. The molecule has 1 fully saturated rings. The van der Waals surface area contributed by atoms with Crippen molar-refractivity contribution in [1.82, 2.24) is 4.90 Å². The summed E-state index contributed by atoms with van der Waals surface area (Å²) in [7, 11) is 0. The average molecular weight is 268 g/mol. The quantitative estimate of drug-likeness (QED) is 0.912. The summed E-state index contributed by atoms with van der Waals surface area (Å²) in [4.78, 5) is 3.97. The van der Waals surface area contributed by atoms with Crippen LogP contribution in [0.25, 0.3) is 0 Å². The molecule has 1 aliphatic heterocycles. The molecule has 18 heavy (non-hydrogen) atoms. The molecule has 0 spiro atoms. The van der Waals surface area contributed by atoms with E-state index in [1.54, 1.807) is 0 Å². The van der Waals surface area contributed by atoms with Crippen LogP contribution in [0.1, 0.15) is 36.8 Å². The molecular weight excluding hydrogens is 244 g/mol.